The average Bonchev–Trinajstić information content (AvgIpc) is 2.50. The largest absolute Gasteiger partial charge is 0.468 e. The third kappa shape index (κ3) is 6.15. The number of methoxy groups -OCH3 is 1. The number of amides is 1. The van der Waals surface area contributed by atoms with Crippen molar-refractivity contribution in [3.05, 3.63) is 12.7 Å². The SMILES string of the molecule is C=CC[C@H]1CCCC(CN[C@@H](C)C(=O)OC)N1C(=O)OC(C)(C)C. The number of esters is 1. The number of nitrogens with zero attached hydrogens (tertiary/aromatic N) is 1. The van der Waals surface area contributed by atoms with Crippen LogP contribution >= 0.6 is 0 Å². The number of carbonyl (C=O) groups is 2. The van der Waals surface area contributed by atoms with Crippen LogP contribution in [0.5, 0.6) is 0 Å². The van der Waals surface area contributed by atoms with E-state index in [9.17, 15) is 9.59 Å². The molecule has 138 valence electrons. The smallest absolute Gasteiger partial charge is 0.410 e. The van der Waals surface area contributed by atoms with E-state index in [4.69, 9.17) is 9.47 Å². The van der Waals surface area contributed by atoms with E-state index in [0.717, 1.165) is 25.7 Å². The summed E-state index contributed by atoms with van der Waals surface area (Å²) in [6, 6.07) is -0.327. The van der Waals surface area contributed by atoms with Gasteiger partial charge in [-0.05, 0) is 53.4 Å². The Kier molecular flexibility index (Phi) is 7.73. The summed E-state index contributed by atoms with van der Waals surface area (Å²) in [5, 5.41) is 3.16. The van der Waals surface area contributed by atoms with Crippen LogP contribution < -0.4 is 5.32 Å². The van der Waals surface area contributed by atoms with Crippen molar-refractivity contribution in [2.45, 2.75) is 77.1 Å². The average molecular weight is 340 g/mol. The first-order valence-electron chi connectivity index (χ1n) is 8.63. The van der Waals surface area contributed by atoms with Gasteiger partial charge in [-0.25, -0.2) is 4.79 Å². The first-order valence-corrected chi connectivity index (χ1v) is 8.63. The molecule has 0 aromatic heterocycles. The van der Waals surface area contributed by atoms with Gasteiger partial charge in [-0.1, -0.05) is 6.08 Å². The predicted molar refractivity (Wildman–Crippen MR) is 93.8 cm³/mol. The van der Waals surface area contributed by atoms with Gasteiger partial charge in [0, 0.05) is 18.6 Å². The lowest BCUT2D eigenvalue weighted by Crippen LogP contribution is -2.55. The molecule has 0 aromatic carbocycles. The molecule has 0 saturated carbocycles. The van der Waals surface area contributed by atoms with E-state index in [2.05, 4.69) is 11.9 Å². The van der Waals surface area contributed by atoms with Crippen LogP contribution in [0.3, 0.4) is 0 Å². The van der Waals surface area contributed by atoms with E-state index in [0.29, 0.717) is 6.54 Å². The van der Waals surface area contributed by atoms with Crippen LogP contribution in [0.15, 0.2) is 12.7 Å². The molecular formula is C18H32N2O4. The molecule has 1 amide bonds. The molecule has 1 unspecified atom stereocenters. The van der Waals surface area contributed by atoms with Crippen molar-refractivity contribution in [1.82, 2.24) is 10.2 Å². The van der Waals surface area contributed by atoms with Crippen LogP contribution in [0.1, 0.15) is 53.4 Å². The molecule has 1 aliphatic rings. The van der Waals surface area contributed by atoms with Gasteiger partial charge in [-0.3, -0.25) is 4.79 Å². The van der Waals surface area contributed by atoms with Crippen LogP contribution in [-0.2, 0) is 14.3 Å². The lowest BCUT2D eigenvalue weighted by atomic mass is 9.93. The maximum Gasteiger partial charge on any atom is 0.410 e. The number of ether oxygens (including phenoxy) is 2. The number of likely N-dealkylation sites (tertiary alicyclic amines) is 1. The molecule has 1 heterocycles. The highest BCUT2D eigenvalue weighted by molar-refractivity contribution is 5.75. The van der Waals surface area contributed by atoms with Gasteiger partial charge in [0.25, 0.3) is 0 Å². The van der Waals surface area contributed by atoms with E-state index in [1.165, 1.54) is 7.11 Å². The molecule has 1 aliphatic heterocycles. The molecule has 6 nitrogen and oxygen atoms in total. The predicted octanol–water partition coefficient (Wildman–Crippen LogP) is 2.87. The van der Waals surface area contributed by atoms with Gasteiger partial charge in [0.1, 0.15) is 11.6 Å². The Balaban J connectivity index is 2.82. The lowest BCUT2D eigenvalue weighted by molar-refractivity contribution is -0.142. The molecule has 3 atom stereocenters. The fourth-order valence-electron chi connectivity index (χ4n) is 2.98. The first-order chi connectivity index (χ1) is 11.2. The zero-order valence-electron chi connectivity index (χ0n) is 15.6. The van der Waals surface area contributed by atoms with Crippen molar-refractivity contribution in [3.8, 4) is 0 Å². The molecule has 1 rings (SSSR count). The van der Waals surface area contributed by atoms with Gasteiger partial charge >= 0.3 is 12.1 Å². The van der Waals surface area contributed by atoms with Crippen molar-refractivity contribution in [3.63, 3.8) is 0 Å². The topological polar surface area (TPSA) is 67.9 Å². The van der Waals surface area contributed by atoms with E-state index in [1.54, 1.807) is 6.92 Å². The highest BCUT2D eigenvalue weighted by atomic mass is 16.6. The third-order valence-corrected chi connectivity index (χ3v) is 4.12. The molecule has 24 heavy (non-hydrogen) atoms. The molecule has 0 bridgehead atoms. The van der Waals surface area contributed by atoms with Crippen LogP contribution in [0.25, 0.3) is 0 Å². The van der Waals surface area contributed by atoms with Crippen molar-refractivity contribution in [1.29, 1.82) is 0 Å². The quantitative estimate of drug-likeness (QED) is 0.595. The summed E-state index contributed by atoms with van der Waals surface area (Å²) >= 11 is 0. The number of hydrogen-bond donors (Lipinski definition) is 1. The summed E-state index contributed by atoms with van der Waals surface area (Å²) in [6.45, 7) is 11.7. The minimum absolute atomic E-state index is 0.00865. The maximum atomic E-state index is 12.7. The highest BCUT2D eigenvalue weighted by Crippen LogP contribution is 2.27. The molecule has 1 N–H and O–H groups in total. The molecule has 1 fully saturated rings. The normalized spacial score (nSPS) is 22.6. The fourth-order valence-corrected chi connectivity index (χ4v) is 2.98. The standard InChI is InChI=1S/C18H32N2O4/c1-7-9-14-10-8-11-15(12-19-13(2)16(21)23-6)20(14)17(22)24-18(3,4)5/h7,13-15,19H,1,8-12H2,2-6H3/t13-,14-,15?/m0/s1. The molecule has 0 radical (unpaired) electrons. The van der Waals surface area contributed by atoms with Gasteiger partial charge in [0.05, 0.1) is 7.11 Å². The van der Waals surface area contributed by atoms with Crippen LogP contribution in [0.4, 0.5) is 4.79 Å². The van der Waals surface area contributed by atoms with E-state index >= 15 is 0 Å². The Morgan fingerprint density at radius 2 is 1.96 bits per heavy atom. The maximum absolute atomic E-state index is 12.7. The molecule has 6 heteroatoms. The van der Waals surface area contributed by atoms with Gasteiger partial charge < -0.3 is 19.7 Å². The Hall–Kier alpha value is -1.56. The van der Waals surface area contributed by atoms with Crippen molar-refractivity contribution >= 4 is 12.1 Å². The number of piperidine rings is 1. The second-order valence-corrected chi connectivity index (χ2v) is 7.30. The first kappa shape index (κ1) is 20.5. The number of carbonyl (C=O) groups excluding carboxylic acids is 2. The van der Waals surface area contributed by atoms with Crippen molar-refractivity contribution in [2.75, 3.05) is 13.7 Å². The summed E-state index contributed by atoms with van der Waals surface area (Å²) in [7, 11) is 1.37. The molecule has 0 aromatic rings. The second kappa shape index (κ2) is 9.06. The number of rotatable bonds is 6. The van der Waals surface area contributed by atoms with Crippen molar-refractivity contribution < 1.29 is 19.1 Å². The minimum atomic E-state index is -0.537. The summed E-state index contributed by atoms with van der Waals surface area (Å²) < 4.78 is 10.3. The lowest BCUT2D eigenvalue weighted by Gasteiger charge is -2.42. The second-order valence-electron chi connectivity index (χ2n) is 7.30. The Morgan fingerprint density at radius 1 is 1.33 bits per heavy atom. The van der Waals surface area contributed by atoms with E-state index in [-0.39, 0.29) is 24.1 Å². The van der Waals surface area contributed by atoms with Gasteiger partial charge in [-0.15, -0.1) is 6.58 Å². The fraction of sp³-hybridized carbons (Fsp3) is 0.778. The Labute approximate surface area is 145 Å². The van der Waals surface area contributed by atoms with Crippen LogP contribution in [-0.4, -0.2) is 54.3 Å². The zero-order chi connectivity index (χ0) is 18.3. The highest BCUT2D eigenvalue weighted by Gasteiger charge is 2.36. The number of nitrogens with one attached hydrogen (secondary N) is 1. The summed E-state index contributed by atoms with van der Waals surface area (Å²) in [6.07, 6.45) is 5.14. The summed E-state index contributed by atoms with van der Waals surface area (Å²) in [4.78, 5) is 26.1. The molecule has 1 saturated heterocycles. The Bertz CT molecular complexity index is 445. The van der Waals surface area contributed by atoms with Gasteiger partial charge in [0.15, 0.2) is 0 Å². The molecule has 0 spiro atoms. The summed E-state index contributed by atoms with van der Waals surface area (Å²) in [5.74, 6) is -0.308. The van der Waals surface area contributed by atoms with Gasteiger partial charge in [-0.2, -0.15) is 0 Å². The summed E-state index contributed by atoms with van der Waals surface area (Å²) in [5.41, 5.74) is -0.537. The van der Waals surface area contributed by atoms with E-state index < -0.39 is 11.6 Å². The Morgan fingerprint density at radius 3 is 2.50 bits per heavy atom. The van der Waals surface area contributed by atoms with Crippen LogP contribution in [0, 0.1) is 0 Å². The van der Waals surface area contributed by atoms with Crippen LogP contribution in [0.2, 0.25) is 0 Å². The third-order valence-electron chi connectivity index (χ3n) is 4.12. The monoisotopic (exact) mass is 340 g/mol. The van der Waals surface area contributed by atoms with Gasteiger partial charge in [0.2, 0.25) is 0 Å². The van der Waals surface area contributed by atoms with Crippen molar-refractivity contribution in [2.24, 2.45) is 0 Å². The minimum Gasteiger partial charge on any atom is -0.468 e. The zero-order valence-corrected chi connectivity index (χ0v) is 15.6. The molecular weight excluding hydrogens is 308 g/mol. The van der Waals surface area contributed by atoms with E-state index in [1.807, 2.05) is 31.7 Å². The molecule has 0 aliphatic carbocycles. The number of hydrogen-bond acceptors (Lipinski definition) is 5.